The highest BCUT2D eigenvalue weighted by Gasteiger charge is 2.33. The maximum atomic E-state index is 12.6. The van der Waals surface area contributed by atoms with Crippen LogP contribution in [0.4, 0.5) is 13.2 Å². The fourth-order valence-electron chi connectivity index (χ4n) is 2.66. The van der Waals surface area contributed by atoms with Gasteiger partial charge in [-0.1, -0.05) is 12.1 Å². The summed E-state index contributed by atoms with van der Waals surface area (Å²) < 4.78 is 48.6. The van der Waals surface area contributed by atoms with Gasteiger partial charge in [-0.25, -0.2) is 4.98 Å². The Morgan fingerprint density at radius 1 is 1.30 bits per heavy atom. The molecule has 1 aliphatic rings. The molecule has 0 aliphatic carbocycles. The molecule has 3 rings (SSSR count). The van der Waals surface area contributed by atoms with Gasteiger partial charge in [-0.05, 0) is 18.6 Å². The van der Waals surface area contributed by atoms with Crippen molar-refractivity contribution in [2.24, 2.45) is 5.92 Å². The van der Waals surface area contributed by atoms with Crippen LogP contribution >= 0.6 is 0 Å². The number of ether oxygens (including phenoxy) is 2. The van der Waals surface area contributed by atoms with Crippen LogP contribution in [-0.4, -0.2) is 35.5 Å². The van der Waals surface area contributed by atoms with Gasteiger partial charge in [0.2, 0.25) is 0 Å². The predicted octanol–water partition coefficient (Wildman–Crippen LogP) is 3.21. The Labute approximate surface area is 130 Å². The molecule has 0 radical (unpaired) electrons. The summed E-state index contributed by atoms with van der Waals surface area (Å²) in [5.74, 6) is 1.10. The fraction of sp³-hybridized carbons (Fsp3) is 0.467. The first-order valence-electron chi connectivity index (χ1n) is 7.19. The van der Waals surface area contributed by atoms with Crippen LogP contribution in [0.2, 0.25) is 0 Å². The Morgan fingerprint density at radius 2 is 2.04 bits per heavy atom. The van der Waals surface area contributed by atoms with Gasteiger partial charge in [0.25, 0.3) is 0 Å². The third-order valence-corrected chi connectivity index (χ3v) is 3.84. The number of nitrogens with zero attached hydrogens (tertiary/aromatic N) is 2. The highest BCUT2D eigenvalue weighted by molar-refractivity contribution is 5.55. The van der Waals surface area contributed by atoms with E-state index in [0.717, 1.165) is 18.6 Å². The van der Waals surface area contributed by atoms with E-state index in [1.54, 1.807) is 7.11 Å². The van der Waals surface area contributed by atoms with Gasteiger partial charge in [-0.3, -0.25) is 5.10 Å². The lowest BCUT2D eigenvalue weighted by Gasteiger charge is -2.14. The summed E-state index contributed by atoms with van der Waals surface area (Å²) in [6, 6.07) is 4.76. The minimum atomic E-state index is -4.35. The molecule has 2 atom stereocenters. The first kappa shape index (κ1) is 15.9. The molecule has 2 aromatic rings. The van der Waals surface area contributed by atoms with Crippen molar-refractivity contribution >= 4 is 0 Å². The van der Waals surface area contributed by atoms with Gasteiger partial charge in [0.1, 0.15) is 6.10 Å². The monoisotopic (exact) mass is 327 g/mol. The molecule has 1 fully saturated rings. The quantitative estimate of drug-likeness (QED) is 0.937. The fourth-order valence-corrected chi connectivity index (χ4v) is 2.66. The summed E-state index contributed by atoms with van der Waals surface area (Å²) in [6.07, 6.45) is -3.71. The van der Waals surface area contributed by atoms with Gasteiger partial charge in [0.15, 0.2) is 11.6 Å². The second-order valence-electron chi connectivity index (χ2n) is 5.41. The van der Waals surface area contributed by atoms with E-state index in [0.29, 0.717) is 30.4 Å². The van der Waals surface area contributed by atoms with Crippen LogP contribution in [0.25, 0.3) is 11.4 Å². The molecule has 124 valence electrons. The number of aromatic amines is 1. The number of halogens is 3. The average Bonchev–Trinajstić information content (AvgIpc) is 3.15. The van der Waals surface area contributed by atoms with Crippen molar-refractivity contribution in [1.82, 2.24) is 15.2 Å². The molecule has 1 aliphatic heterocycles. The third kappa shape index (κ3) is 3.37. The first-order valence-corrected chi connectivity index (χ1v) is 7.19. The van der Waals surface area contributed by atoms with E-state index in [2.05, 4.69) is 15.2 Å². The lowest BCUT2D eigenvalue weighted by Crippen LogP contribution is -2.14. The zero-order valence-corrected chi connectivity index (χ0v) is 12.4. The summed E-state index contributed by atoms with van der Waals surface area (Å²) in [7, 11) is 1.63. The predicted molar refractivity (Wildman–Crippen MR) is 75.5 cm³/mol. The molecule has 1 N–H and O–H groups in total. The number of nitrogens with one attached hydrogen (secondary N) is 1. The molecule has 1 aromatic carbocycles. The van der Waals surface area contributed by atoms with E-state index in [1.165, 1.54) is 12.1 Å². The van der Waals surface area contributed by atoms with Crippen LogP contribution in [0.1, 0.15) is 23.9 Å². The van der Waals surface area contributed by atoms with E-state index < -0.39 is 11.7 Å². The molecule has 0 bridgehead atoms. The summed E-state index contributed by atoms with van der Waals surface area (Å²) in [4.78, 5) is 4.36. The van der Waals surface area contributed by atoms with Crippen LogP contribution in [0, 0.1) is 5.92 Å². The SMILES string of the molecule is COC[C@@H]1CCO[C@@H]1c1nc(-c2ccc(C(F)(F)F)cc2)n[nH]1. The highest BCUT2D eigenvalue weighted by Crippen LogP contribution is 2.34. The summed E-state index contributed by atoms with van der Waals surface area (Å²) in [5.41, 5.74) is -0.182. The Bertz CT molecular complexity index is 655. The van der Waals surface area contributed by atoms with Crippen LogP contribution in [0.3, 0.4) is 0 Å². The smallest absolute Gasteiger partial charge is 0.384 e. The van der Waals surface area contributed by atoms with Crippen LogP contribution in [-0.2, 0) is 15.7 Å². The maximum absolute atomic E-state index is 12.6. The van der Waals surface area contributed by atoms with Crippen LogP contribution in [0.5, 0.6) is 0 Å². The molecule has 2 heterocycles. The molecule has 0 saturated carbocycles. The number of aromatic nitrogens is 3. The van der Waals surface area contributed by atoms with Gasteiger partial charge < -0.3 is 9.47 Å². The molecule has 8 heteroatoms. The summed E-state index contributed by atoms with van der Waals surface area (Å²) in [5, 5.41) is 6.89. The second-order valence-corrected chi connectivity index (χ2v) is 5.41. The Hall–Kier alpha value is -1.93. The van der Waals surface area contributed by atoms with Crippen molar-refractivity contribution in [2.45, 2.75) is 18.7 Å². The van der Waals surface area contributed by atoms with Crippen molar-refractivity contribution in [3.63, 3.8) is 0 Å². The normalized spacial score (nSPS) is 21.7. The Morgan fingerprint density at radius 3 is 2.70 bits per heavy atom. The van der Waals surface area contributed by atoms with E-state index >= 15 is 0 Å². The van der Waals surface area contributed by atoms with Crippen molar-refractivity contribution in [3.05, 3.63) is 35.7 Å². The largest absolute Gasteiger partial charge is 0.416 e. The van der Waals surface area contributed by atoms with Crippen molar-refractivity contribution in [2.75, 3.05) is 20.3 Å². The van der Waals surface area contributed by atoms with Gasteiger partial charge in [-0.2, -0.15) is 18.3 Å². The molecule has 0 unspecified atom stereocenters. The third-order valence-electron chi connectivity index (χ3n) is 3.84. The van der Waals surface area contributed by atoms with Crippen molar-refractivity contribution < 1.29 is 22.6 Å². The average molecular weight is 327 g/mol. The van der Waals surface area contributed by atoms with Crippen molar-refractivity contribution in [1.29, 1.82) is 0 Å². The van der Waals surface area contributed by atoms with Gasteiger partial charge in [-0.15, -0.1) is 0 Å². The highest BCUT2D eigenvalue weighted by atomic mass is 19.4. The van der Waals surface area contributed by atoms with E-state index in [9.17, 15) is 13.2 Å². The number of hydrogen-bond donors (Lipinski definition) is 1. The molecule has 1 saturated heterocycles. The summed E-state index contributed by atoms with van der Waals surface area (Å²) in [6.45, 7) is 1.18. The second kappa shape index (κ2) is 6.29. The maximum Gasteiger partial charge on any atom is 0.416 e. The number of methoxy groups -OCH3 is 1. The number of rotatable bonds is 4. The summed E-state index contributed by atoms with van der Waals surface area (Å²) >= 11 is 0. The topological polar surface area (TPSA) is 60.0 Å². The lowest BCUT2D eigenvalue weighted by molar-refractivity contribution is -0.137. The minimum absolute atomic E-state index is 0.188. The van der Waals surface area contributed by atoms with Gasteiger partial charge >= 0.3 is 6.18 Å². The number of alkyl halides is 3. The van der Waals surface area contributed by atoms with Gasteiger partial charge in [0, 0.05) is 25.2 Å². The van der Waals surface area contributed by atoms with E-state index in [-0.39, 0.29) is 12.0 Å². The molecule has 1 aromatic heterocycles. The van der Waals surface area contributed by atoms with Gasteiger partial charge in [0.05, 0.1) is 12.2 Å². The molecule has 0 amide bonds. The zero-order valence-electron chi connectivity index (χ0n) is 12.4. The molecular formula is C15H16F3N3O2. The first-order chi connectivity index (χ1) is 11.0. The minimum Gasteiger partial charge on any atom is -0.384 e. The molecule has 0 spiro atoms. The molecule has 5 nitrogen and oxygen atoms in total. The Balaban J connectivity index is 1.79. The zero-order chi connectivity index (χ0) is 16.4. The molecular weight excluding hydrogens is 311 g/mol. The van der Waals surface area contributed by atoms with E-state index in [1.807, 2.05) is 0 Å². The number of hydrogen-bond acceptors (Lipinski definition) is 4. The standard InChI is InChI=1S/C15H16F3N3O2/c1-22-8-10-6-7-23-12(10)14-19-13(20-21-14)9-2-4-11(5-3-9)15(16,17)18/h2-5,10,12H,6-8H2,1H3,(H,19,20,21)/t10-,12-/m0/s1. The lowest BCUT2D eigenvalue weighted by atomic mass is 10.0. The van der Waals surface area contributed by atoms with Crippen LogP contribution in [0.15, 0.2) is 24.3 Å². The Kier molecular flexibility index (Phi) is 4.36. The van der Waals surface area contributed by atoms with E-state index in [4.69, 9.17) is 9.47 Å². The van der Waals surface area contributed by atoms with Crippen LogP contribution < -0.4 is 0 Å². The number of H-pyrrole nitrogens is 1. The van der Waals surface area contributed by atoms with Crippen molar-refractivity contribution in [3.8, 4) is 11.4 Å². The molecule has 23 heavy (non-hydrogen) atoms. The number of benzene rings is 1.